The summed E-state index contributed by atoms with van der Waals surface area (Å²) < 4.78 is 4.92. The quantitative estimate of drug-likeness (QED) is 0.303. The first-order valence-corrected chi connectivity index (χ1v) is 11.7. The molecule has 0 saturated heterocycles. The summed E-state index contributed by atoms with van der Waals surface area (Å²) in [6.07, 6.45) is 10.4. The Morgan fingerprint density at radius 3 is 1.94 bits per heavy atom. The highest BCUT2D eigenvalue weighted by atomic mass is 16.5. The maximum absolute atomic E-state index is 12.3. The normalized spacial score (nSPS) is 11.7. The summed E-state index contributed by atoms with van der Waals surface area (Å²) in [5, 5.41) is 2.67. The minimum absolute atomic E-state index is 0.280. The van der Waals surface area contributed by atoms with Crippen LogP contribution in [0.4, 0.5) is 0 Å². The van der Waals surface area contributed by atoms with Crippen molar-refractivity contribution in [1.82, 2.24) is 5.32 Å². The molecule has 2 aromatic carbocycles. The number of carbonyl (C=O) groups is 2. The Hall–Kier alpha value is -2.62. The molecule has 0 aliphatic rings. The fourth-order valence-electron chi connectivity index (χ4n) is 3.57. The van der Waals surface area contributed by atoms with E-state index in [0.717, 1.165) is 17.5 Å². The van der Waals surface area contributed by atoms with Crippen LogP contribution in [-0.4, -0.2) is 24.5 Å². The molecule has 2 rings (SSSR count). The van der Waals surface area contributed by atoms with Crippen molar-refractivity contribution in [3.8, 4) is 11.1 Å². The predicted octanol–water partition coefficient (Wildman–Crippen LogP) is 6.33. The standard InChI is InChI=1S/C27H37NO3/c1-4-6-7-8-9-10-11-12-22-13-15-23(16-14-22)24-17-19-25(20-18-24)26(29)28-21(3)27(30)31-5-2/h13-21H,4-12H2,1-3H3,(H,28,29)/t21-/m1/s1. The van der Waals surface area contributed by atoms with Crippen LogP contribution in [0, 0.1) is 0 Å². The lowest BCUT2D eigenvalue weighted by atomic mass is 10.00. The molecule has 31 heavy (non-hydrogen) atoms. The van der Waals surface area contributed by atoms with Gasteiger partial charge in [0.1, 0.15) is 6.04 Å². The summed E-state index contributed by atoms with van der Waals surface area (Å²) in [5.41, 5.74) is 4.10. The van der Waals surface area contributed by atoms with Crippen LogP contribution in [0.5, 0.6) is 0 Å². The fraction of sp³-hybridized carbons (Fsp3) is 0.481. The van der Waals surface area contributed by atoms with Crippen molar-refractivity contribution >= 4 is 11.9 Å². The summed E-state index contributed by atoms with van der Waals surface area (Å²) >= 11 is 0. The lowest BCUT2D eigenvalue weighted by Gasteiger charge is -2.13. The minimum atomic E-state index is -0.670. The van der Waals surface area contributed by atoms with E-state index in [1.165, 1.54) is 50.5 Å². The van der Waals surface area contributed by atoms with E-state index in [1.54, 1.807) is 26.0 Å². The van der Waals surface area contributed by atoms with E-state index >= 15 is 0 Å². The zero-order valence-corrected chi connectivity index (χ0v) is 19.3. The van der Waals surface area contributed by atoms with Crippen LogP contribution >= 0.6 is 0 Å². The largest absolute Gasteiger partial charge is 0.464 e. The van der Waals surface area contributed by atoms with E-state index in [-0.39, 0.29) is 5.91 Å². The second-order valence-corrected chi connectivity index (χ2v) is 8.09. The molecule has 1 N–H and O–H groups in total. The van der Waals surface area contributed by atoms with Gasteiger partial charge in [0.05, 0.1) is 6.61 Å². The molecule has 0 spiro atoms. The van der Waals surface area contributed by atoms with Gasteiger partial charge in [0, 0.05) is 5.56 Å². The van der Waals surface area contributed by atoms with E-state index in [9.17, 15) is 9.59 Å². The molecule has 0 unspecified atom stereocenters. The average Bonchev–Trinajstić information content (AvgIpc) is 2.79. The third-order valence-electron chi connectivity index (χ3n) is 5.49. The summed E-state index contributed by atoms with van der Waals surface area (Å²) in [6, 6.07) is 15.5. The van der Waals surface area contributed by atoms with Gasteiger partial charge in [-0.3, -0.25) is 4.79 Å². The van der Waals surface area contributed by atoms with Crippen molar-refractivity contribution in [2.24, 2.45) is 0 Å². The van der Waals surface area contributed by atoms with Crippen LogP contribution in [0.3, 0.4) is 0 Å². The van der Waals surface area contributed by atoms with Crippen LogP contribution < -0.4 is 5.32 Å². The molecule has 0 aromatic heterocycles. The number of carbonyl (C=O) groups excluding carboxylic acids is 2. The number of nitrogens with one attached hydrogen (secondary N) is 1. The van der Waals surface area contributed by atoms with Crippen molar-refractivity contribution in [2.75, 3.05) is 6.61 Å². The third-order valence-corrected chi connectivity index (χ3v) is 5.49. The number of benzene rings is 2. The van der Waals surface area contributed by atoms with Crippen LogP contribution in [-0.2, 0) is 16.0 Å². The lowest BCUT2D eigenvalue weighted by Crippen LogP contribution is -2.39. The summed E-state index contributed by atoms with van der Waals surface area (Å²) in [4.78, 5) is 24.0. The first kappa shape index (κ1) is 24.6. The van der Waals surface area contributed by atoms with E-state index in [0.29, 0.717) is 12.2 Å². The average molecular weight is 424 g/mol. The number of ether oxygens (including phenoxy) is 1. The predicted molar refractivity (Wildman–Crippen MR) is 127 cm³/mol. The monoisotopic (exact) mass is 423 g/mol. The zero-order valence-electron chi connectivity index (χ0n) is 19.3. The van der Waals surface area contributed by atoms with Gasteiger partial charge < -0.3 is 10.1 Å². The Balaban J connectivity index is 1.83. The minimum Gasteiger partial charge on any atom is -0.464 e. The summed E-state index contributed by atoms with van der Waals surface area (Å²) in [7, 11) is 0. The number of rotatable bonds is 13. The Morgan fingerprint density at radius 1 is 0.806 bits per heavy atom. The number of hydrogen-bond acceptors (Lipinski definition) is 3. The van der Waals surface area contributed by atoms with E-state index in [4.69, 9.17) is 4.74 Å². The van der Waals surface area contributed by atoms with Crippen molar-refractivity contribution in [1.29, 1.82) is 0 Å². The molecule has 1 atom stereocenters. The number of amides is 1. The molecule has 0 heterocycles. The van der Waals surface area contributed by atoms with Gasteiger partial charge in [-0.15, -0.1) is 0 Å². The van der Waals surface area contributed by atoms with Crippen molar-refractivity contribution in [3.63, 3.8) is 0 Å². The number of hydrogen-bond donors (Lipinski definition) is 1. The highest BCUT2D eigenvalue weighted by Gasteiger charge is 2.17. The van der Waals surface area contributed by atoms with Crippen LogP contribution in [0.25, 0.3) is 11.1 Å². The number of unbranched alkanes of at least 4 members (excludes halogenated alkanes) is 6. The Labute approximate surface area is 187 Å². The highest BCUT2D eigenvalue weighted by Crippen LogP contribution is 2.21. The molecule has 0 saturated carbocycles. The zero-order chi connectivity index (χ0) is 22.5. The van der Waals surface area contributed by atoms with Gasteiger partial charge >= 0.3 is 5.97 Å². The molecule has 0 fully saturated rings. The maximum Gasteiger partial charge on any atom is 0.328 e. The Morgan fingerprint density at radius 2 is 1.35 bits per heavy atom. The van der Waals surface area contributed by atoms with E-state index < -0.39 is 12.0 Å². The van der Waals surface area contributed by atoms with Crippen molar-refractivity contribution < 1.29 is 14.3 Å². The molecule has 1 amide bonds. The topological polar surface area (TPSA) is 55.4 Å². The highest BCUT2D eigenvalue weighted by molar-refractivity contribution is 5.97. The van der Waals surface area contributed by atoms with Crippen LogP contribution in [0.2, 0.25) is 0 Å². The van der Waals surface area contributed by atoms with Gasteiger partial charge in [-0.1, -0.05) is 81.8 Å². The van der Waals surface area contributed by atoms with Gasteiger partial charge in [-0.05, 0) is 55.5 Å². The molecule has 2 aromatic rings. The molecule has 4 nitrogen and oxygen atoms in total. The Kier molecular flexibility index (Phi) is 10.8. The van der Waals surface area contributed by atoms with Gasteiger partial charge in [-0.25, -0.2) is 4.79 Å². The van der Waals surface area contributed by atoms with E-state index in [1.807, 2.05) is 12.1 Å². The maximum atomic E-state index is 12.3. The second-order valence-electron chi connectivity index (χ2n) is 8.09. The number of esters is 1. The molecule has 4 heteroatoms. The molecular weight excluding hydrogens is 386 g/mol. The molecule has 168 valence electrons. The second kappa shape index (κ2) is 13.6. The molecular formula is C27H37NO3. The smallest absolute Gasteiger partial charge is 0.328 e. The van der Waals surface area contributed by atoms with Gasteiger partial charge in [0.15, 0.2) is 0 Å². The van der Waals surface area contributed by atoms with Gasteiger partial charge in [-0.2, -0.15) is 0 Å². The molecule has 0 bridgehead atoms. The van der Waals surface area contributed by atoms with Crippen molar-refractivity contribution in [2.45, 2.75) is 78.2 Å². The van der Waals surface area contributed by atoms with Crippen LogP contribution in [0.15, 0.2) is 48.5 Å². The van der Waals surface area contributed by atoms with Gasteiger partial charge in [0.2, 0.25) is 0 Å². The summed E-state index contributed by atoms with van der Waals surface area (Å²) in [5.74, 6) is -0.707. The third kappa shape index (κ3) is 8.56. The molecule has 0 aliphatic carbocycles. The molecule has 0 aliphatic heterocycles. The first-order chi connectivity index (χ1) is 15.0. The first-order valence-electron chi connectivity index (χ1n) is 11.7. The summed E-state index contributed by atoms with van der Waals surface area (Å²) in [6.45, 7) is 5.92. The lowest BCUT2D eigenvalue weighted by molar-refractivity contribution is -0.144. The van der Waals surface area contributed by atoms with E-state index in [2.05, 4.69) is 36.5 Å². The SMILES string of the molecule is CCCCCCCCCc1ccc(-c2ccc(C(=O)N[C@H](C)C(=O)OCC)cc2)cc1. The molecule has 0 radical (unpaired) electrons. The van der Waals surface area contributed by atoms with Crippen molar-refractivity contribution in [3.05, 3.63) is 59.7 Å². The van der Waals surface area contributed by atoms with Crippen LogP contribution in [0.1, 0.15) is 81.6 Å². The Bertz CT molecular complexity index is 796. The number of aryl methyl sites for hydroxylation is 1. The van der Waals surface area contributed by atoms with Gasteiger partial charge in [0.25, 0.3) is 5.91 Å². The fourth-order valence-corrected chi connectivity index (χ4v) is 3.57.